The van der Waals surface area contributed by atoms with Gasteiger partial charge in [0.15, 0.2) is 0 Å². The van der Waals surface area contributed by atoms with Crippen LogP contribution in [-0.4, -0.2) is 44.8 Å². The van der Waals surface area contributed by atoms with Gasteiger partial charge in [0.1, 0.15) is 11.7 Å². The van der Waals surface area contributed by atoms with Gasteiger partial charge in [-0.05, 0) is 44.2 Å². The minimum atomic E-state index is 0.142. The van der Waals surface area contributed by atoms with Gasteiger partial charge >= 0.3 is 0 Å². The van der Waals surface area contributed by atoms with E-state index in [4.69, 9.17) is 4.94 Å². The van der Waals surface area contributed by atoms with E-state index in [9.17, 15) is 0 Å². The number of hydroxylamine groups is 4. The van der Waals surface area contributed by atoms with E-state index in [1.807, 2.05) is 22.9 Å². The smallest absolute Gasteiger partial charge is 0.131 e. The molecule has 4 rings (SSSR count). The fourth-order valence-electron chi connectivity index (χ4n) is 3.43. The molecule has 0 radical (unpaired) electrons. The van der Waals surface area contributed by atoms with Crippen LogP contribution in [0.1, 0.15) is 44.7 Å². The fraction of sp³-hybridized carbons (Fsp3) is 0.625. The average Bonchev–Trinajstić information content (AvgIpc) is 3.00. The van der Waals surface area contributed by atoms with Crippen molar-refractivity contribution in [3.8, 4) is 0 Å². The predicted octanol–water partition coefficient (Wildman–Crippen LogP) is 2.75. The van der Waals surface area contributed by atoms with Gasteiger partial charge in [0, 0.05) is 19.6 Å². The van der Waals surface area contributed by atoms with Crippen molar-refractivity contribution in [1.29, 1.82) is 0 Å². The lowest BCUT2D eigenvalue weighted by Gasteiger charge is -2.38. The first-order valence-electron chi connectivity index (χ1n) is 8.41. The minimum absolute atomic E-state index is 0.142. The molecule has 2 aliphatic rings. The van der Waals surface area contributed by atoms with Crippen LogP contribution < -0.4 is 0 Å². The quantitative estimate of drug-likeness (QED) is 0.872. The summed E-state index contributed by atoms with van der Waals surface area (Å²) < 4.78 is 2.03. The third kappa shape index (κ3) is 2.74. The second-order valence-electron chi connectivity index (χ2n) is 6.21. The highest BCUT2D eigenvalue weighted by Gasteiger charge is 2.29. The molecule has 0 aliphatic carbocycles. The summed E-state index contributed by atoms with van der Waals surface area (Å²) in [7, 11) is 0. The molecule has 0 spiro atoms. The van der Waals surface area contributed by atoms with Crippen molar-refractivity contribution >= 4 is 11.0 Å². The Balaban J connectivity index is 1.57. The number of benzene rings is 1. The van der Waals surface area contributed by atoms with Crippen LogP contribution in [0.2, 0.25) is 0 Å². The van der Waals surface area contributed by atoms with Gasteiger partial charge in [0.25, 0.3) is 0 Å². The van der Waals surface area contributed by atoms with Crippen LogP contribution in [0, 0.1) is 0 Å². The molecule has 3 heterocycles. The summed E-state index contributed by atoms with van der Waals surface area (Å²) in [5.74, 6) is 0. The SMILES string of the molecule is c1ccc2c(c1)nnn2C1CCCCN1ON1CCCCC1. The molecule has 0 saturated carbocycles. The van der Waals surface area contributed by atoms with Gasteiger partial charge in [-0.3, -0.25) is 0 Å². The second kappa shape index (κ2) is 6.32. The van der Waals surface area contributed by atoms with Crippen molar-refractivity contribution in [2.45, 2.75) is 44.7 Å². The van der Waals surface area contributed by atoms with Crippen molar-refractivity contribution in [2.24, 2.45) is 0 Å². The maximum atomic E-state index is 6.20. The fourth-order valence-corrected chi connectivity index (χ4v) is 3.43. The van der Waals surface area contributed by atoms with Gasteiger partial charge in [-0.15, -0.1) is 10.2 Å². The Labute approximate surface area is 130 Å². The zero-order valence-electron chi connectivity index (χ0n) is 12.9. The molecule has 2 saturated heterocycles. The molecule has 118 valence electrons. The molecule has 1 unspecified atom stereocenters. The highest BCUT2D eigenvalue weighted by atomic mass is 16.8. The number of hydrogen-bond acceptors (Lipinski definition) is 5. The van der Waals surface area contributed by atoms with Gasteiger partial charge in [-0.1, -0.05) is 23.8 Å². The largest absolute Gasteiger partial charge is 0.225 e. The number of para-hydroxylation sites is 1. The summed E-state index contributed by atoms with van der Waals surface area (Å²) in [4.78, 5) is 6.20. The van der Waals surface area contributed by atoms with Crippen LogP contribution in [0.5, 0.6) is 0 Å². The van der Waals surface area contributed by atoms with Gasteiger partial charge in [0.2, 0.25) is 0 Å². The topological polar surface area (TPSA) is 46.4 Å². The summed E-state index contributed by atoms with van der Waals surface area (Å²) in [6.07, 6.45) is 7.35. The molecular formula is C16H23N5O. The molecule has 2 aromatic rings. The van der Waals surface area contributed by atoms with E-state index in [1.165, 1.54) is 32.1 Å². The number of nitrogens with zero attached hydrogens (tertiary/aromatic N) is 5. The van der Waals surface area contributed by atoms with Crippen LogP contribution >= 0.6 is 0 Å². The van der Waals surface area contributed by atoms with Crippen LogP contribution in [0.25, 0.3) is 11.0 Å². The first kappa shape index (κ1) is 14.1. The first-order valence-corrected chi connectivity index (χ1v) is 8.41. The molecule has 0 N–H and O–H groups in total. The molecule has 2 aliphatic heterocycles. The number of rotatable bonds is 3. The van der Waals surface area contributed by atoms with E-state index >= 15 is 0 Å². The Kier molecular flexibility index (Phi) is 4.05. The zero-order chi connectivity index (χ0) is 14.8. The maximum absolute atomic E-state index is 6.20. The van der Waals surface area contributed by atoms with Crippen LogP contribution in [-0.2, 0) is 4.94 Å². The molecule has 2 fully saturated rings. The summed E-state index contributed by atoms with van der Waals surface area (Å²) in [6.45, 7) is 3.01. The molecule has 1 aromatic carbocycles. The third-order valence-corrected chi connectivity index (χ3v) is 4.62. The zero-order valence-corrected chi connectivity index (χ0v) is 12.9. The summed E-state index contributed by atoms with van der Waals surface area (Å²) in [5, 5.41) is 12.9. The van der Waals surface area contributed by atoms with Crippen molar-refractivity contribution in [1.82, 2.24) is 25.1 Å². The van der Waals surface area contributed by atoms with E-state index in [1.54, 1.807) is 0 Å². The third-order valence-electron chi connectivity index (χ3n) is 4.62. The predicted molar refractivity (Wildman–Crippen MR) is 83.6 cm³/mol. The van der Waals surface area contributed by atoms with Gasteiger partial charge in [-0.2, -0.15) is 5.06 Å². The highest BCUT2D eigenvalue weighted by Crippen LogP contribution is 2.29. The lowest BCUT2D eigenvalue weighted by atomic mass is 10.1. The van der Waals surface area contributed by atoms with Gasteiger partial charge < -0.3 is 0 Å². The minimum Gasteiger partial charge on any atom is -0.225 e. The van der Waals surface area contributed by atoms with E-state index in [0.29, 0.717) is 0 Å². The molecule has 0 amide bonds. The number of hydrogen-bond donors (Lipinski definition) is 0. The molecule has 6 nitrogen and oxygen atoms in total. The van der Waals surface area contributed by atoms with Crippen LogP contribution in [0.15, 0.2) is 24.3 Å². The summed E-state index contributed by atoms with van der Waals surface area (Å²) >= 11 is 0. The lowest BCUT2D eigenvalue weighted by Crippen LogP contribution is -2.44. The Morgan fingerprint density at radius 2 is 1.77 bits per heavy atom. The average molecular weight is 301 g/mol. The normalized spacial score (nSPS) is 24.8. The maximum Gasteiger partial charge on any atom is 0.131 e. The Bertz CT molecular complexity index is 622. The first-order chi connectivity index (χ1) is 10.9. The summed E-state index contributed by atoms with van der Waals surface area (Å²) in [5.41, 5.74) is 2.03. The molecular weight excluding hydrogens is 278 g/mol. The second-order valence-corrected chi connectivity index (χ2v) is 6.21. The lowest BCUT2D eigenvalue weighted by molar-refractivity contribution is -0.360. The molecule has 1 aromatic heterocycles. The summed E-state index contributed by atoms with van der Waals surface area (Å²) in [6, 6.07) is 8.14. The van der Waals surface area contributed by atoms with Crippen molar-refractivity contribution < 1.29 is 4.94 Å². The van der Waals surface area contributed by atoms with Gasteiger partial charge in [0.05, 0.1) is 5.52 Å². The van der Waals surface area contributed by atoms with Crippen molar-refractivity contribution in [3.05, 3.63) is 24.3 Å². The highest BCUT2D eigenvalue weighted by molar-refractivity contribution is 5.73. The number of piperidine rings is 2. The number of fused-ring (bicyclic) bond motifs is 1. The van der Waals surface area contributed by atoms with Crippen LogP contribution in [0.4, 0.5) is 0 Å². The molecule has 1 atom stereocenters. The van der Waals surface area contributed by atoms with Crippen LogP contribution in [0.3, 0.4) is 0 Å². The molecule has 0 bridgehead atoms. The van der Waals surface area contributed by atoms with Gasteiger partial charge in [-0.25, -0.2) is 9.62 Å². The Morgan fingerprint density at radius 1 is 0.955 bits per heavy atom. The Morgan fingerprint density at radius 3 is 2.68 bits per heavy atom. The van der Waals surface area contributed by atoms with E-state index in [-0.39, 0.29) is 6.17 Å². The Hall–Kier alpha value is -1.50. The van der Waals surface area contributed by atoms with E-state index in [0.717, 1.165) is 37.1 Å². The van der Waals surface area contributed by atoms with Crippen molar-refractivity contribution in [2.75, 3.05) is 19.6 Å². The monoisotopic (exact) mass is 301 g/mol. The molecule has 6 heteroatoms. The van der Waals surface area contributed by atoms with E-state index in [2.05, 4.69) is 26.5 Å². The van der Waals surface area contributed by atoms with Crippen molar-refractivity contribution in [3.63, 3.8) is 0 Å². The standard InChI is InChI=1S/C16H23N5O/c1-5-11-19(12-6-1)22-20-13-7-4-10-16(20)21-15-9-3-2-8-14(15)17-18-21/h2-3,8-9,16H,1,4-7,10-13H2. The molecule has 22 heavy (non-hydrogen) atoms. The number of aromatic nitrogens is 3. The van der Waals surface area contributed by atoms with E-state index < -0.39 is 0 Å².